The summed E-state index contributed by atoms with van der Waals surface area (Å²) in [5, 5.41) is 14.2. The number of thiazole rings is 1. The number of hydrogen-bond donors (Lipinski definition) is 2. The lowest BCUT2D eigenvalue weighted by Crippen LogP contribution is -2.29. The van der Waals surface area contributed by atoms with Crippen molar-refractivity contribution < 1.29 is 4.79 Å². The van der Waals surface area contributed by atoms with Crippen LogP contribution in [0.15, 0.2) is 48.5 Å². The van der Waals surface area contributed by atoms with Gasteiger partial charge in [-0.05, 0) is 23.8 Å². The molecule has 4 aromatic rings. The molecule has 28 heavy (non-hydrogen) atoms. The maximum Gasteiger partial charge on any atom is 0.257 e. The molecule has 1 amide bonds. The maximum absolute atomic E-state index is 12.6. The van der Waals surface area contributed by atoms with Crippen LogP contribution in [0.5, 0.6) is 0 Å². The third-order valence-electron chi connectivity index (χ3n) is 4.86. The average molecular weight is 390 g/mol. The molecule has 2 aromatic carbocycles. The van der Waals surface area contributed by atoms with E-state index in [0.717, 1.165) is 37.3 Å². The van der Waals surface area contributed by atoms with Crippen molar-refractivity contribution in [2.24, 2.45) is 0 Å². The van der Waals surface area contributed by atoms with E-state index in [-0.39, 0.29) is 5.91 Å². The van der Waals surface area contributed by atoms with Gasteiger partial charge < -0.3 is 0 Å². The molecule has 2 N–H and O–H groups in total. The summed E-state index contributed by atoms with van der Waals surface area (Å²) >= 11 is 1.56. The van der Waals surface area contributed by atoms with E-state index in [9.17, 15) is 4.79 Å². The maximum atomic E-state index is 12.6. The van der Waals surface area contributed by atoms with Gasteiger partial charge in [-0.1, -0.05) is 30.3 Å². The van der Waals surface area contributed by atoms with Gasteiger partial charge in [0.1, 0.15) is 11.0 Å². The van der Waals surface area contributed by atoms with E-state index in [2.05, 4.69) is 54.9 Å². The first kappa shape index (κ1) is 17.0. The fraction of sp³-hybridized carbons (Fsp3) is 0.200. The number of aromatic amines is 1. The summed E-state index contributed by atoms with van der Waals surface area (Å²) in [5.74, 6) is -0.183. The quantitative estimate of drug-likeness (QED) is 0.559. The monoisotopic (exact) mass is 390 g/mol. The van der Waals surface area contributed by atoms with Gasteiger partial charge in [0.05, 0.1) is 5.69 Å². The Morgan fingerprint density at radius 1 is 1.14 bits per heavy atom. The number of anilines is 1. The summed E-state index contributed by atoms with van der Waals surface area (Å²) in [6.07, 6.45) is 0.902. The predicted octanol–water partition coefficient (Wildman–Crippen LogP) is 3.23. The van der Waals surface area contributed by atoms with Gasteiger partial charge in [-0.15, -0.1) is 11.3 Å². The summed E-state index contributed by atoms with van der Waals surface area (Å²) in [6.45, 7) is 2.77. The zero-order valence-electron chi connectivity index (χ0n) is 15.1. The van der Waals surface area contributed by atoms with Crippen molar-refractivity contribution in [3.63, 3.8) is 0 Å². The lowest BCUT2D eigenvalue weighted by molar-refractivity contribution is 0.102. The van der Waals surface area contributed by atoms with Crippen LogP contribution in [0.25, 0.3) is 11.0 Å². The number of carbonyl (C=O) groups excluding carboxylic acids is 1. The molecule has 0 bridgehead atoms. The number of benzene rings is 2. The van der Waals surface area contributed by atoms with Gasteiger partial charge in [0, 0.05) is 36.5 Å². The predicted molar refractivity (Wildman–Crippen MR) is 108 cm³/mol. The SMILES string of the molecule is O=C(Nc1nc2c(s1)CN(Cc1ccccc1)CC2)c1ccc2n[nH]nc2c1. The molecule has 0 saturated carbocycles. The molecule has 0 radical (unpaired) electrons. The van der Waals surface area contributed by atoms with E-state index in [4.69, 9.17) is 0 Å². The Bertz CT molecular complexity index is 1140. The lowest BCUT2D eigenvalue weighted by Gasteiger charge is -2.25. The first-order valence-corrected chi connectivity index (χ1v) is 9.93. The standard InChI is InChI=1S/C20H18N6OS/c27-19(14-6-7-15-17(10-14)24-25-23-15)22-20-21-16-8-9-26(12-18(16)28-20)11-13-4-2-1-3-5-13/h1-7,10H,8-9,11-12H2,(H,21,22,27)(H,23,24,25). The second-order valence-electron chi connectivity index (χ2n) is 6.82. The zero-order chi connectivity index (χ0) is 18.9. The molecule has 8 heteroatoms. The van der Waals surface area contributed by atoms with Gasteiger partial charge in [-0.25, -0.2) is 4.98 Å². The van der Waals surface area contributed by atoms with Crippen molar-refractivity contribution in [2.75, 3.05) is 11.9 Å². The lowest BCUT2D eigenvalue weighted by atomic mass is 10.1. The van der Waals surface area contributed by atoms with Crippen LogP contribution in [0.2, 0.25) is 0 Å². The number of fused-ring (bicyclic) bond motifs is 2. The van der Waals surface area contributed by atoms with Crippen molar-refractivity contribution in [3.05, 3.63) is 70.2 Å². The molecular formula is C20H18N6OS. The summed E-state index contributed by atoms with van der Waals surface area (Å²) < 4.78 is 0. The van der Waals surface area contributed by atoms with Crippen LogP contribution in [0, 0.1) is 0 Å². The Hall–Kier alpha value is -3.10. The van der Waals surface area contributed by atoms with Crippen LogP contribution in [0.4, 0.5) is 5.13 Å². The molecule has 1 aliphatic heterocycles. The highest BCUT2D eigenvalue weighted by atomic mass is 32.1. The first-order chi connectivity index (χ1) is 13.7. The molecule has 3 heterocycles. The number of H-pyrrole nitrogens is 1. The second kappa shape index (κ2) is 7.14. The minimum atomic E-state index is -0.183. The van der Waals surface area contributed by atoms with Crippen molar-refractivity contribution in [2.45, 2.75) is 19.5 Å². The van der Waals surface area contributed by atoms with E-state index < -0.39 is 0 Å². The summed E-state index contributed by atoms with van der Waals surface area (Å²) in [7, 11) is 0. The molecule has 2 aromatic heterocycles. The molecule has 5 rings (SSSR count). The largest absolute Gasteiger partial charge is 0.298 e. The van der Waals surface area contributed by atoms with Crippen LogP contribution < -0.4 is 5.32 Å². The zero-order valence-corrected chi connectivity index (χ0v) is 15.9. The second-order valence-corrected chi connectivity index (χ2v) is 7.90. The normalized spacial score (nSPS) is 14.1. The molecule has 0 spiro atoms. The van der Waals surface area contributed by atoms with Crippen LogP contribution in [-0.2, 0) is 19.5 Å². The number of aromatic nitrogens is 4. The summed E-state index contributed by atoms with van der Waals surface area (Å²) in [6, 6.07) is 15.7. The van der Waals surface area contributed by atoms with Crippen LogP contribution in [-0.4, -0.2) is 37.7 Å². The summed E-state index contributed by atoms with van der Waals surface area (Å²) in [5.41, 5.74) is 4.35. The van der Waals surface area contributed by atoms with Crippen molar-refractivity contribution >= 4 is 33.4 Å². The van der Waals surface area contributed by atoms with Gasteiger partial charge >= 0.3 is 0 Å². The van der Waals surface area contributed by atoms with Crippen LogP contribution >= 0.6 is 11.3 Å². The van der Waals surface area contributed by atoms with E-state index in [1.165, 1.54) is 10.4 Å². The van der Waals surface area contributed by atoms with Crippen molar-refractivity contribution in [1.82, 2.24) is 25.3 Å². The van der Waals surface area contributed by atoms with Gasteiger partial charge in [0.15, 0.2) is 5.13 Å². The number of carbonyl (C=O) groups is 1. The highest BCUT2D eigenvalue weighted by Crippen LogP contribution is 2.29. The minimum absolute atomic E-state index is 0.183. The molecule has 0 unspecified atom stereocenters. The van der Waals surface area contributed by atoms with E-state index in [1.807, 2.05) is 6.07 Å². The Labute approximate surface area is 165 Å². The number of rotatable bonds is 4. The third kappa shape index (κ3) is 3.39. The Morgan fingerprint density at radius 2 is 2.00 bits per heavy atom. The van der Waals surface area contributed by atoms with Gasteiger partial charge in [-0.2, -0.15) is 15.4 Å². The number of amides is 1. The van der Waals surface area contributed by atoms with Gasteiger partial charge in [0.25, 0.3) is 5.91 Å². The Balaban J connectivity index is 1.28. The molecule has 0 saturated heterocycles. The van der Waals surface area contributed by atoms with Crippen LogP contribution in [0.1, 0.15) is 26.5 Å². The third-order valence-corrected chi connectivity index (χ3v) is 5.86. The first-order valence-electron chi connectivity index (χ1n) is 9.11. The molecule has 140 valence electrons. The molecular weight excluding hydrogens is 372 g/mol. The van der Waals surface area contributed by atoms with Crippen LogP contribution in [0.3, 0.4) is 0 Å². The highest BCUT2D eigenvalue weighted by molar-refractivity contribution is 7.15. The number of nitrogens with one attached hydrogen (secondary N) is 2. The molecule has 0 atom stereocenters. The smallest absolute Gasteiger partial charge is 0.257 e. The van der Waals surface area contributed by atoms with Crippen molar-refractivity contribution in [3.8, 4) is 0 Å². The van der Waals surface area contributed by atoms with Gasteiger partial charge in [-0.3, -0.25) is 15.0 Å². The topological polar surface area (TPSA) is 86.8 Å². The number of hydrogen-bond acceptors (Lipinski definition) is 6. The average Bonchev–Trinajstić information content (AvgIpc) is 3.34. The van der Waals surface area contributed by atoms with Gasteiger partial charge in [0.2, 0.25) is 0 Å². The highest BCUT2D eigenvalue weighted by Gasteiger charge is 2.21. The van der Waals surface area contributed by atoms with Crippen molar-refractivity contribution in [1.29, 1.82) is 0 Å². The Morgan fingerprint density at radius 3 is 2.89 bits per heavy atom. The number of nitrogens with zero attached hydrogens (tertiary/aromatic N) is 4. The van der Waals surface area contributed by atoms with E-state index in [0.29, 0.717) is 16.2 Å². The van der Waals surface area contributed by atoms with E-state index >= 15 is 0 Å². The molecule has 1 aliphatic rings. The molecule has 0 fully saturated rings. The fourth-order valence-corrected chi connectivity index (χ4v) is 4.47. The minimum Gasteiger partial charge on any atom is -0.298 e. The fourth-order valence-electron chi connectivity index (χ4n) is 3.43. The Kier molecular flexibility index (Phi) is 4.34. The molecule has 0 aliphatic carbocycles. The molecule has 7 nitrogen and oxygen atoms in total. The van der Waals surface area contributed by atoms with E-state index in [1.54, 1.807) is 29.5 Å². The summed E-state index contributed by atoms with van der Waals surface area (Å²) in [4.78, 5) is 20.9.